The standard InChI is InChI=1S/C15H18FN/c16-15-4-2-1-3-12(15)6-5-11-9-13-7-8-14(10-11)17-13/h1-6,11,13-14,17H,7-10H2/b6-5+/t11?,13-,14+. The summed E-state index contributed by atoms with van der Waals surface area (Å²) in [5, 5.41) is 3.62. The Kier molecular flexibility index (Phi) is 2.98. The SMILES string of the molecule is Fc1ccccc1/C=C/C1C[C@H]2CC[C@@H](C1)N2. The van der Waals surface area contributed by atoms with Crippen molar-refractivity contribution in [1.82, 2.24) is 5.32 Å². The fourth-order valence-corrected chi connectivity index (χ4v) is 3.11. The number of hydrogen-bond donors (Lipinski definition) is 1. The van der Waals surface area contributed by atoms with Crippen molar-refractivity contribution in [3.63, 3.8) is 0 Å². The van der Waals surface area contributed by atoms with Gasteiger partial charge in [-0.1, -0.05) is 30.4 Å². The van der Waals surface area contributed by atoms with Crippen LogP contribution in [0.1, 0.15) is 31.2 Å². The van der Waals surface area contributed by atoms with E-state index >= 15 is 0 Å². The molecule has 2 fully saturated rings. The van der Waals surface area contributed by atoms with E-state index in [1.807, 2.05) is 18.2 Å². The zero-order valence-electron chi connectivity index (χ0n) is 9.90. The van der Waals surface area contributed by atoms with Gasteiger partial charge in [0.1, 0.15) is 5.82 Å². The number of allylic oxidation sites excluding steroid dienone is 1. The molecule has 1 N–H and O–H groups in total. The van der Waals surface area contributed by atoms with Gasteiger partial charge in [-0.3, -0.25) is 0 Å². The first-order valence-electron chi connectivity index (χ1n) is 6.50. The topological polar surface area (TPSA) is 12.0 Å². The van der Waals surface area contributed by atoms with E-state index in [1.165, 1.54) is 31.7 Å². The summed E-state index contributed by atoms with van der Waals surface area (Å²) >= 11 is 0. The predicted octanol–water partition coefficient (Wildman–Crippen LogP) is 3.37. The lowest BCUT2D eigenvalue weighted by molar-refractivity contribution is 0.345. The van der Waals surface area contributed by atoms with Crippen LogP contribution in [0.25, 0.3) is 6.08 Å². The van der Waals surface area contributed by atoms with E-state index in [4.69, 9.17) is 0 Å². The molecule has 2 heteroatoms. The summed E-state index contributed by atoms with van der Waals surface area (Å²) in [6, 6.07) is 8.37. The van der Waals surface area contributed by atoms with Crippen molar-refractivity contribution in [3.8, 4) is 0 Å². The summed E-state index contributed by atoms with van der Waals surface area (Å²) in [6.07, 6.45) is 9.20. The summed E-state index contributed by atoms with van der Waals surface area (Å²) < 4.78 is 13.4. The normalized spacial score (nSPS) is 32.2. The van der Waals surface area contributed by atoms with Crippen LogP contribution >= 0.6 is 0 Å². The average molecular weight is 231 g/mol. The molecule has 0 amide bonds. The fraction of sp³-hybridized carbons (Fsp3) is 0.467. The van der Waals surface area contributed by atoms with Gasteiger partial charge in [-0.15, -0.1) is 0 Å². The molecule has 3 rings (SSSR count). The molecule has 0 radical (unpaired) electrons. The Bertz CT molecular complexity index is 415. The van der Waals surface area contributed by atoms with Crippen LogP contribution in [0.4, 0.5) is 4.39 Å². The van der Waals surface area contributed by atoms with E-state index in [-0.39, 0.29) is 5.82 Å². The van der Waals surface area contributed by atoms with Gasteiger partial charge < -0.3 is 5.32 Å². The first-order valence-corrected chi connectivity index (χ1v) is 6.50. The number of piperidine rings is 1. The fourth-order valence-electron chi connectivity index (χ4n) is 3.11. The van der Waals surface area contributed by atoms with Crippen LogP contribution < -0.4 is 5.32 Å². The van der Waals surface area contributed by atoms with Crippen LogP contribution in [0.2, 0.25) is 0 Å². The van der Waals surface area contributed by atoms with Crippen molar-refractivity contribution in [2.75, 3.05) is 0 Å². The molecule has 17 heavy (non-hydrogen) atoms. The predicted molar refractivity (Wildman–Crippen MR) is 68.1 cm³/mol. The van der Waals surface area contributed by atoms with Crippen molar-refractivity contribution in [1.29, 1.82) is 0 Å². The number of halogens is 1. The van der Waals surface area contributed by atoms with E-state index in [0.29, 0.717) is 23.6 Å². The summed E-state index contributed by atoms with van der Waals surface area (Å²) in [5.74, 6) is 0.494. The quantitative estimate of drug-likeness (QED) is 0.823. The molecule has 90 valence electrons. The minimum Gasteiger partial charge on any atom is -0.311 e. The third-order valence-electron chi connectivity index (χ3n) is 3.96. The van der Waals surface area contributed by atoms with Gasteiger partial charge in [0.15, 0.2) is 0 Å². The summed E-state index contributed by atoms with van der Waals surface area (Å²) in [6.45, 7) is 0. The molecule has 1 aromatic carbocycles. The molecule has 2 bridgehead atoms. The maximum absolute atomic E-state index is 13.4. The zero-order chi connectivity index (χ0) is 11.7. The maximum Gasteiger partial charge on any atom is 0.130 e. The van der Waals surface area contributed by atoms with Gasteiger partial charge in [0, 0.05) is 17.6 Å². The van der Waals surface area contributed by atoms with Crippen molar-refractivity contribution >= 4 is 6.08 Å². The van der Waals surface area contributed by atoms with Gasteiger partial charge in [0.2, 0.25) is 0 Å². The number of rotatable bonds is 2. The highest BCUT2D eigenvalue weighted by atomic mass is 19.1. The first kappa shape index (κ1) is 11.0. The second-order valence-electron chi connectivity index (χ2n) is 5.25. The summed E-state index contributed by atoms with van der Waals surface area (Å²) in [4.78, 5) is 0. The molecular weight excluding hydrogens is 213 g/mol. The average Bonchev–Trinajstić information content (AvgIpc) is 2.68. The third kappa shape index (κ3) is 2.42. The van der Waals surface area contributed by atoms with E-state index in [9.17, 15) is 4.39 Å². The first-order chi connectivity index (χ1) is 8.31. The van der Waals surface area contributed by atoms with Gasteiger partial charge >= 0.3 is 0 Å². The molecule has 1 aromatic rings. The smallest absolute Gasteiger partial charge is 0.130 e. The molecule has 2 saturated heterocycles. The van der Waals surface area contributed by atoms with Crippen LogP contribution in [0.15, 0.2) is 30.3 Å². The van der Waals surface area contributed by atoms with Crippen LogP contribution in [-0.4, -0.2) is 12.1 Å². The van der Waals surface area contributed by atoms with Crippen LogP contribution in [0.3, 0.4) is 0 Å². The Balaban J connectivity index is 1.69. The number of fused-ring (bicyclic) bond motifs is 2. The van der Waals surface area contributed by atoms with Crippen LogP contribution in [0.5, 0.6) is 0 Å². The Morgan fingerprint density at radius 2 is 1.82 bits per heavy atom. The highest BCUT2D eigenvalue weighted by Crippen LogP contribution is 2.31. The Labute approximate surface area is 102 Å². The van der Waals surface area contributed by atoms with Gasteiger partial charge in [-0.25, -0.2) is 4.39 Å². The van der Waals surface area contributed by atoms with Gasteiger partial charge in [0.25, 0.3) is 0 Å². The van der Waals surface area contributed by atoms with Crippen molar-refractivity contribution in [2.24, 2.45) is 5.92 Å². The minimum atomic E-state index is -0.124. The lowest BCUT2D eigenvalue weighted by atomic mass is 9.91. The molecular formula is C15H18FN. The van der Waals surface area contributed by atoms with Gasteiger partial charge in [0.05, 0.1) is 0 Å². The Hall–Kier alpha value is -1.15. The molecule has 0 aromatic heterocycles. The van der Waals surface area contributed by atoms with Gasteiger partial charge in [-0.05, 0) is 37.7 Å². The molecule has 2 heterocycles. The highest BCUT2D eigenvalue weighted by molar-refractivity contribution is 5.50. The molecule has 0 spiro atoms. The Morgan fingerprint density at radius 1 is 1.12 bits per heavy atom. The lowest BCUT2D eigenvalue weighted by Crippen LogP contribution is -2.37. The van der Waals surface area contributed by atoms with Gasteiger partial charge in [-0.2, -0.15) is 0 Å². The number of hydrogen-bond acceptors (Lipinski definition) is 1. The molecule has 1 unspecified atom stereocenters. The number of nitrogens with one attached hydrogen (secondary N) is 1. The maximum atomic E-state index is 13.4. The molecule has 0 aliphatic carbocycles. The van der Waals surface area contributed by atoms with E-state index in [0.717, 1.165) is 0 Å². The van der Waals surface area contributed by atoms with Crippen molar-refractivity contribution in [3.05, 3.63) is 41.7 Å². The lowest BCUT2D eigenvalue weighted by Gasteiger charge is -2.26. The largest absolute Gasteiger partial charge is 0.311 e. The molecule has 0 saturated carbocycles. The monoisotopic (exact) mass is 231 g/mol. The molecule has 3 atom stereocenters. The Morgan fingerprint density at radius 3 is 2.53 bits per heavy atom. The summed E-state index contributed by atoms with van der Waals surface area (Å²) in [7, 11) is 0. The van der Waals surface area contributed by atoms with Crippen molar-refractivity contribution < 1.29 is 4.39 Å². The van der Waals surface area contributed by atoms with E-state index in [2.05, 4.69) is 11.4 Å². The van der Waals surface area contributed by atoms with Crippen molar-refractivity contribution in [2.45, 2.75) is 37.8 Å². The third-order valence-corrected chi connectivity index (χ3v) is 3.96. The summed E-state index contributed by atoms with van der Waals surface area (Å²) in [5.41, 5.74) is 0.707. The van der Waals surface area contributed by atoms with Crippen LogP contribution in [0, 0.1) is 11.7 Å². The highest BCUT2D eigenvalue weighted by Gasteiger charge is 2.32. The number of benzene rings is 1. The molecule has 1 nitrogen and oxygen atoms in total. The van der Waals surface area contributed by atoms with E-state index in [1.54, 1.807) is 6.07 Å². The second-order valence-corrected chi connectivity index (χ2v) is 5.25. The zero-order valence-corrected chi connectivity index (χ0v) is 9.90. The van der Waals surface area contributed by atoms with E-state index < -0.39 is 0 Å². The molecule has 2 aliphatic heterocycles. The molecule has 2 aliphatic rings. The van der Waals surface area contributed by atoms with Crippen LogP contribution in [-0.2, 0) is 0 Å². The minimum absolute atomic E-state index is 0.124. The second kappa shape index (κ2) is 4.61.